The molecule has 0 radical (unpaired) electrons. The first kappa shape index (κ1) is 64.3. The summed E-state index contributed by atoms with van der Waals surface area (Å²) >= 11 is 0. The minimum Gasteiger partial charge on any atom is -0.458 e. The topological polar surface area (TPSA) is 274 Å². The molecule has 0 aromatic heterocycles. The highest BCUT2D eigenvalue weighted by Crippen LogP contribution is 2.71. The summed E-state index contributed by atoms with van der Waals surface area (Å²) in [7, 11) is 6.42. The highest BCUT2D eigenvalue weighted by atomic mass is 16.8. The summed E-state index contributed by atoms with van der Waals surface area (Å²) in [4.78, 5) is 27.1. The van der Waals surface area contributed by atoms with Gasteiger partial charge in [-0.2, -0.15) is 0 Å². The van der Waals surface area contributed by atoms with E-state index in [2.05, 4.69) is 6.92 Å². The Morgan fingerprint density at radius 3 is 1.52 bits per heavy atom. The lowest BCUT2D eigenvalue weighted by Crippen LogP contribution is -2.78. The van der Waals surface area contributed by atoms with E-state index >= 15 is 0 Å². The van der Waals surface area contributed by atoms with Crippen LogP contribution in [0.25, 0.3) is 0 Å². The Hall–Kier alpha value is -2.66. The Morgan fingerprint density at radius 1 is 0.571 bits per heavy atom. The molecule has 28 atom stereocenters. The van der Waals surface area contributed by atoms with E-state index in [1.165, 1.54) is 6.92 Å². The third kappa shape index (κ3) is 11.5. The maximum absolute atomic E-state index is 13.7. The van der Waals surface area contributed by atoms with E-state index in [1.807, 2.05) is 33.8 Å². The van der Waals surface area contributed by atoms with E-state index in [-0.39, 0.29) is 44.3 Å². The molecule has 5 aliphatic heterocycles. The lowest BCUT2D eigenvalue weighted by Gasteiger charge is -2.67. The number of fused-ring (bicyclic) bond motifs is 5. The molecule has 0 bridgehead atoms. The quantitative estimate of drug-likeness (QED) is 0.104. The van der Waals surface area contributed by atoms with Gasteiger partial charge in [-0.25, -0.2) is 4.79 Å². The number of ketones is 1. The van der Waals surface area contributed by atoms with Gasteiger partial charge in [0.05, 0.1) is 78.1 Å². The molecule has 8 fully saturated rings. The van der Waals surface area contributed by atoms with Gasteiger partial charge < -0.3 is 96.6 Å². The van der Waals surface area contributed by atoms with Crippen molar-refractivity contribution in [2.75, 3.05) is 28.4 Å². The van der Waals surface area contributed by atoms with Crippen LogP contribution in [-0.4, -0.2) is 218 Å². The van der Waals surface area contributed by atoms with Gasteiger partial charge >= 0.3 is 5.97 Å². The molecule has 28 unspecified atom stereocenters. The van der Waals surface area contributed by atoms with Crippen molar-refractivity contribution in [3.05, 3.63) is 47.5 Å². The van der Waals surface area contributed by atoms with Gasteiger partial charge in [0.25, 0.3) is 0 Å². The average Bonchev–Trinajstić information content (AvgIpc) is 1.34. The maximum atomic E-state index is 13.7. The van der Waals surface area contributed by atoms with Crippen molar-refractivity contribution in [3.8, 4) is 0 Å². The van der Waals surface area contributed by atoms with Crippen molar-refractivity contribution >= 4 is 11.8 Å². The van der Waals surface area contributed by atoms with Crippen LogP contribution in [0.4, 0.5) is 0 Å². The fraction of sp³-hybridized carbons (Fsp3) is 0.839. The van der Waals surface area contributed by atoms with E-state index in [1.54, 1.807) is 72.6 Å². The SMILES string of the molecule is COC1CC(OC2C(C)OC(OC3C(C)OC(OC4C(C)OC(OC5C(O)CC(OC6CCC7(C)C(=CCC8(O)C7CC(OC(=O)c7ccccc7)C7(C)C(O)(C(C)=O)CCC87O)C6)OC5C)CC4OC)CC3OC)CC2OC)OC(C)C1O. The van der Waals surface area contributed by atoms with Gasteiger partial charge in [0, 0.05) is 66.5 Å². The summed E-state index contributed by atoms with van der Waals surface area (Å²) < 4.78 is 94.2. The lowest BCUT2D eigenvalue weighted by molar-refractivity contribution is -0.351. The molecule has 0 amide bonds. The molecule has 1 aromatic carbocycles. The minimum atomic E-state index is -2.06. The van der Waals surface area contributed by atoms with Gasteiger partial charge in [-0.3, -0.25) is 4.79 Å². The van der Waals surface area contributed by atoms with Crippen molar-refractivity contribution in [2.24, 2.45) is 16.7 Å². The van der Waals surface area contributed by atoms with Crippen LogP contribution in [-0.2, 0) is 75.8 Å². The Morgan fingerprint density at radius 2 is 1.04 bits per heavy atom. The molecule has 5 N–H and O–H groups in total. The second kappa shape index (κ2) is 25.3. The molecule has 474 valence electrons. The minimum absolute atomic E-state index is 0.0612. The number of carbonyl (C=O) groups excluding carboxylic acids is 2. The van der Waals surface area contributed by atoms with Crippen LogP contribution in [0.15, 0.2) is 42.0 Å². The zero-order valence-corrected chi connectivity index (χ0v) is 50.9. The van der Waals surface area contributed by atoms with Crippen LogP contribution in [0.2, 0.25) is 0 Å². The van der Waals surface area contributed by atoms with Gasteiger partial charge in [0.1, 0.15) is 53.4 Å². The lowest BCUT2D eigenvalue weighted by atomic mass is 9.42. The van der Waals surface area contributed by atoms with Gasteiger partial charge in [0.15, 0.2) is 37.2 Å². The van der Waals surface area contributed by atoms with Crippen LogP contribution in [0.3, 0.4) is 0 Å². The van der Waals surface area contributed by atoms with Gasteiger partial charge in [-0.1, -0.05) is 36.8 Å². The number of aliphatic hydroxyl groups is 5. The first-order chi connectivity index (χ1) is 39.8. The van der Waals surface area contributed by atoms with Crippen LogP contribution < -0.4 is 0 Å². The molecule has 5 heterocycles. The summed E-state index contributed by atoms with van der Waals surface area (Å²) in [5, 5.41) is 60.2. The maximum Gasteiger partial charge on any atom is 0.338 e. The van der Waals surface area contributed by atoms with Crippen LogP contribution in [0.1, 0.15) is 143 Å². The molecular formula is C62H94O22. The fourth-order valence-corrected chi connectivity index (χ4v) is 16.3. The number of carbonyl (C=O) groups is 2. The van der Waals surface area contributed by atoms with Gasteiger partial charge in [0.2, 0.25) is 0 Å². The number of hydrogen-bond donors (Lipinski definition) is 5. The molecule has 1 aromatic rings. The van der Waals surface area contributed by atoms with Crippen LogP contribution >= 0.6 is 0 Å². The molecule has 5 saturated heterocycles. The molecular weight excluding hydrogens is 1100 g/mol. The molecule has 10 rings (SSSR count). The Kier molecular flexibility index (Phi) is 19.4. The number of esters is 1. The largest absolute Gasteiger partial charge is 0.458 e. The Bertz CT molecular complexity index is 2440. The first-order valence-corrected chi connectivity index (χ1v) is 30.5. The van der Waals surface area contributed by atoms with E-state index in [0.29, 0.717) is 50.5 Å². The highest BCUT2D eigenvalue weighted by molar-refractivity contribution is 5.90. The number of Topliss-reactive ketones (excluding diaryl/α,β-unsaturated/α-hetero) is 1. The predicted molar refractivity (Wildman–Crippen MR) is 296 cm³/mol. The highest BCUT2D eigenvalue weighted by Gasteiger charge is 2.81. The Balaban J connectivity index is 0.714. The van der Waals surface area contributed by atoms with E-state index in [9.17, 15) is 35.1 Å². The number of hydrogen-bond acceptors (Lipinski definition) is 22. The second-order valence-corrected chi connectivity index (χ2v) is 25.9. The number of rotatable bonds is 17. The fourth-order valence-electron chi connectivity index (χ4n) is 16.3. The number of aliphatic hydroxyl groups excluding tert-OH is 2. The van der Waals surface area contributed by atoms with Crippen molar-refractivity contribution < 1.29 is 106 Å². The van der Waals surface area contributed by atoms with Crippen LogP contribution in [0, 0.1) is 16.7 Å². The number of ether oxygens (including phenoxy) is 15. The van der Waals surface area contributed by atoms with Crippen molar-refractivity contribution in [1.82, 2.24) is 0 Å². The van der Waals surface area contributed by atoms with E-state index < -0.39 is 168 Å². The Labute approximate surface area is 493 Å². The second-order valence-electron chi connectivity index (χ2n) is 25.9. The number of benzene rings is 1. The summed E-state index contributed by atoms with van der Waals surface area (Å²) in [6.45, 7) is 14.3. The van der Waals surface area contributed by atoms with E-state index in [4.69, 9.17) is 71.1 Å². The molecule has 4 aliphatic carbocycles. The summed E-state index contributed by atoms with van der Waals surface area (Å²) in [5.74, 6) is -1.80. The average molecular weight is 1190 g/mol. The van der Waals surface area contributed by atoms with Crippen molar-refractivity contribution in [3.63, 3.8) is 0 Å². The zero-order valence-electron chi connectivity index (χ0n) is 50.9. The molecule has 84 heavy (non-hydrogen) atoms. The molecule has 0 spiro atoms. The zero-order chi connectivity index (χ0) is 60.4. The first-order valence-electron chi connectivity index (χ1n) is 30.5. The molecule has 22 nitrogen and oxygen atoms in total. The predicted octanol–water partition coefficient (Wildman–Crippen LogP) is 4.72. The summed E-state index contributed by atoms with van der Waals surface area (Å²) in [6.07, 6.45) is -7.95. The molecule has 22 heteroatoms. The molecule has 9 aliphatic rings. The third-order valence-corrected chi connectivity index (χ3v) is 21.3. The normalized spacial score (nSPS) is 49.6. The monoisotopic (exact) mass is 1190 g/mol. The number of methoxy groups -OCH3 is 4. The summed E-state index contributed by atoms with van der Waals surface area (Å²) in [6, 6.07) is 8.48. The molecule has 3 saturated carbocycles. The summed E-state index contributed by atoms with van der Waals surface area (Å²) in [5.41, 5.74) is -6.85. The van der Waals surface area contributed by atoms with Gasteiger partial charge in [-0.05, 0) is 111 Å². The van der Waals surface area contributed by atoms with Crippen molar-refractivity contribution in [1.29, 1.82) is 0 Å². The van der Waals surface area contributed by atoms with Crippen LogP contribution in [0.5, 0.6) is 0 Å². The van der Waals surface area contributed by atoms with Crippen molar-refractivity contribution in [2.45, 2.75) is 284 Å². The van der Waals surface area contributed by atoms with E-state index in [0.717, 1.165) is 5.57 Å². The standard InChI is InChI=1S/C62H94O22/c1-31-52(65)41(70-9)26-48(74-31)82-54-34(4)77-50(28-43(54)72-11)84-56-35(5)78-51(29-44(56)73-12)83-55-33(3)76-49(27-42(55)71-10)81-53-32(2)75-47(25-40(53)64)79-39-19-20-58(7)38(24-39)18-21-61(68)45(58)30-46(80-57(66)37-16-14-13-15-17-37)59(8)60(67,36(6)63)22-23-62(59,61)69/h13-18,31-35,39-56,64-65,67-69H,19-30H2,1-12H3. The third-order valence-electron chi connectivity index (χ3n) is 21.3. The van der Waals surface area contributed by atoms with Gasteiger partial charge in [-0.15, -0.1) is 0 Å². The smallest absolute Gasteiger partial charge is 0.338 e.